The van der Waals surface area contributed by atoms with E-state index in [4.69, 9.17) is 5.73 Å². The van der Waals surface area contributed by atoms with Gasteiger partial charge in [0.1, 0.15) is 6.04 Å². The van der Waals surface area contributed by atoms with Crippen molar-refractivity contribution in [2.75, 3.05) is 5.32 Å². The molecule has 2 aliphatic heterocycles. The van der Waals surface area contributed by atoms with Gasteiger partial charge in [0.05, 0.1) is 22.4 Å². The third-order valence-corrected chi connectivity index (χ3v) is 5.91. The number of nitrogens with one attached hydrogen (secondary N) is 2. The number of piperidine rings is 1. The van der Waals surface area contributed by atoms with Crippen LogP contribution >= 0.6 is 11.3 Å². The van der Waals surface area contributed by atoms with E-state index >= 15 is 0 Å². The fourth-order valence-electron chi connectivity index (χ4n) is 3.46. The molecule has 9 nitrogen and oxygen atoms in total. The number of hydrogen-bond acceptors (Lipinski definition) is 8. The number of aromatic nitrogens is 1. The van der Waals surface area contributed by atoms with Gasteiger partial charge in [0.15, 0.2) is 5.13 Å². The van der Waals surface area contributed by atoms with Gasteiger partial charge in [-0.05, 0) is 38.0 Å². The molecule has 3 heterocycles. The van der Waals surface area contributed by atoms with Gasteiger partial charge in [0, 0.05) is 18.3 Å². The first kappa shape index (κ1) is 20.2. The van der Waals surface area contributed by atoms with Crippen LogP contribution in [0.3, 0.4) is 0 Å². The molecule has 4 amide bonds. The van der Waals surface area contributed by atoms with E-state index in [1.807, 2.05) is 19.2 Å². The minimum absolute atomic E-state index is 0.0917. The second kappa shape index (κ2) is 7.29. The lowest BCUT2D eigenvalue weighted by atomic mass is 10.0. The Morgan fingerprint density at radius 1 is 1.23 bits per heavy atom. The summed E-state index contributed by atoms with van der Waals surface area (Å²) in [7, 11) is 0. The normalized spacial score (nSPS) is 19.2. The first-order valence-electron chi connectivity index (χ1n) is 9.48. The summed E-state index contributed by atoms with van der Waals surface area (Å²) in [6, 6.07) is 4.03. The fraction of sp³-hybridized carbons (Fsp3) is 0.350. The standard InChI is InChI=1S/C20H21N5O4S/c1-20(2,21)14-9-30-19(23-14)22-8-10-3-4-11-12(7-10)18(29)25(17(11)28)13-5-6-15(26)24-16(13)27/h3-4,7,9,13H,5-6,8,21H2,1-2H3,(H,22,23)(H,24,26,27). The van der Waals surface area contributed by atoms with E-state index in [9.17, 15) is 19.2 Å². The Balaban J connectivity index is 1.50. The SMILES string of the molecule is CC(C)(N)c1csc(NCc2ccc3c(c2)C(=O)N(C2CCC(=O)NC2=O)C3=O)n1. The topological polar surface area (TPSA) is 134 Å². The fourth-order valence-corrected chi connectivity index (χ4v) is 4.34. The van der Waals surface area contributed by atoms with Gasteiger partial charge in [0.25, 0.3) is 11.8 Å². The predicted molar refractivity (Wildman–Crippen MR) is 110 cm³/mol. The highest BCUT2D eigenvalue weighted by atomic mass is 32.1. The van der Waals surface area contributed by atoms with Crippen LogP contribution in [-0.4, -0.2) is 39.6 Å². The number of amides is 4. The van der Waals surface area contributed by atoms with E-state index in [1.165, 1.54) is 11.3 Å². The van der Waals surface area contributed by atoms with Crippen LogP contribution in [0.5, 0.6) is 0 Å². The number of thiazole rings is 1. The molecule has 4 N–H and O–H groups in total. The summed E-state index contributed by atoms with van der Waals surface area (Å²) in [4.78, 5) is 54.5. The zero-order valence-electron chi connectivity index (χ0n) is 16.5. The molecule has 1 unspecified atom stereocenters. The summed E-state index contributed by atoms with van der Waals surface area (Å²) in [5, 5.41) is 7.98. The number of carbonyl (C=O) groups is 4. The molecule has 4 rings (SSSR count). The molecule has 30 heavy (non-hydrogen) atoms. The Labute approximate surface area is 176 Å². The zero-order valence-corrected chi connectivity index (χ0v) is 17.3. The highest BCUT2D eigenvalue weighted by Crippen LogP contribution is 2.29. The van der Waals surface area contributed by atoms with Crippen molar-refractivity contribution >= 4 is 40.1 Å². The maximum absolute atomic E-state index is 12.9. The minimum atomic E-state index is -0.968. The van der Waals surface area contributed by atoms with E-state index in [0.29, 0.717) is 11.7 Å². The molecule has 1 aromatic carbocycles. The van der Waals surface area contributed by atoms with Gasteiger partial charge in [-0.1, -0.05) is 6.07 Å². The van der Waals surface area contributed by atoms with Gasteiger partial charge < -0.3 is 11.1 Å². The van der Waals surface area contributed by atoms with Crippen LogP contribution < -0.4 is 16.4 Å². The van der Waals surface area contributed by atoms with Crippen molar-refractivity contribution in [2.24, 2.45) is 5.73 Å². The Hall–Kier alpha value is -3.11. The zero-order chi connectivity index (χ0) is 21.6. The van der Waals surface area contributed by atoms with Crippen molar-refractivity contribution in [2.45, 2.75) is 44.8 Å². The lowest BCUT2D eigenvalue weighted by Crippen LogP contribution is -2.54. The molecule has 2 aliphatic rings. The molecule has 10 heteroatoms. The van der Waals surface area contributed by atoms with E-state index < -0.39 is 35.2 Å². The van der Waals surface area contributed by atoms with Crippen LogP contribution in [0.4, 0.5) is 5.13 Å². The van der Waals surface area contributed by atoms with Crippen molar-refractivity contribution in [1.82, 2.24) is 15.2 Å². The number of imide groups is 2. The highest BCUT2D eigenvalue weighted by Gasteiger charge is 2.44. The van der Waals surface area contributed by atoms with Crippen LogP contribution in [0.25, 0.3) is 0 Å². The Morgan fingerprint density at radius 2 is 1.97 bits per heavy atom. The average Bonchev–Trinajstić information content (AvgIpc) is 3.25. The molecule has 2 aromatic rings. The van der Waals surface area contributed by atoms with Crippen molar-refractivity contribution < 1.29 is 19.2 Å². The number of carbonyl (C=O) groups excluding carboxylic acids is 4. The van der Waals surface area contributed by atoms with Gasteiger partial charge in [-0.25, -0.2) is 4.98 Å². The monoisotopic (exact) mass is 427 g/mol. The quantitative estimate of drug-likeness (QED) is 0.613. The maximum atomic E-state index is 12.9. The maximum Gasteiger partial charge on any atom is 0.262 e. The van der Waals surface area contributed by atoms with Crippen molar-refractivity contribution in [3.8, 4) is 0 Å². The van der Waals surface area contributed by atoms with Crippen molar-refractivity contribution in [3.63, 3.8) is 0 Å². The van der Waals surface area contributed by atoms with E-state index in [0.717, 1.165) is 16.2 Å². The van der Waals surface area contributed by atoms with Gasteiger partial charge in [-0.3, -0.25) is 29.4 Å². The molecule has 0 saturated carbocycles. The Bertz CT molecular complexity index is 1070. The molecule has 0 bridgehead atoms. The predicted octanol–water partition coefficient (Wildman–Crippen LogP) is 1.35. The Morgan fingerprint density at radius 3 is 2.63 bits per heavy atom. The number of nitrogens with zero attached hydrogens (tertiary/aromatic N) is 2. The number of rotatable bonds is 5. The second-order valence-electron chi connectivity index (χ2n) is 7.94. The van der Waals surface area contributed by atoms with Gasteiger partial charge in [0.2, 0.25) is 11.8 Å². The molecule has 0 aliphatic carbocycles. The summed E-state index contributed by atoms with van der Waals surface area (Å²) in [5.74, 6) is -2.05. The minimum Gasteiger partial charge on any atom is -0.357 e. The van der Waals surface area contributed by atoms with E-state index in [1.54, 1.807) is 18.2 Å². The van der Waals surface area contributed by atoms with E-state index in [-0.39, 0.29) is 24.0 Å². The summed E-state index contributed by atoms with van der Waals surface area (Å²) < 4.78 is 0. The molecule has 0 radical (unpaired) electrons. The molecule has 156 valence electrons. The average molecular weight is 427 g/mol. The van der Waals surface area contributed by atoms with Crippen LogP contribution in [0, 0.1) is 0 Å². The lowest BCUT2D eigenvalue weighted by molar-refractivity contribution is -0.136. The number of benzene rings is 1. The molecule has 1 fully saturated rings. The Kier molecular flexibility index (Phi) is 4.91. The molecule has 1 aromatic heterocycles. The molecule has 1 saturated heterocycles. The van der Waals surface area contributed by atoms with Crippen LogP contribution in [0.15, 0.2) is 23.6 Å². The van der Waals surface area contributed by atoms with E-state index in [2.05, 4.69) is 15.6 Å². The first-order chi connectivity index (χ1) is 14.1. The van der Waals surface area contributed by atoms with Gasteiger partial charge in [-0.15, -0.1) is 11.3 Å². The highest BCUT2D eigenvalue weighted by molar-refractivity contribution is 7.13. The van der Waals surface area contributed by atoms with Gasteiger partial charge in [-0.2, -0.15) is 0 Å². The first-order valence-corrected chi connectivity index (χ1v) is 10.4. The number of anilines is 1. The molecular formula is C20H21N5O4S. The summed E-state index contributed by atoms with van der Waals surface area (Å²) in [6.07, 6.45) is 0.225. The smallest absolute Gasteiger partial charge is 0.262 e. The van der Waals surface area contributed by atoms with Crippen LogP contribution in [0.1, 0.15) is 58.7 Å². The number of nitrogens with two attached hydrogens (primary N) is 1. The van der Waals surface area contributed by atoms with Crippen molar-refractivity contribution in [3.05, 3.63) is 46.0 Å². The second-order valence-corrected chi connectivity index (χ2v) is 8.80. The van der Waals surface area contributed by atoms with Crippen LogP contribution in [0.2, 0.25) is 0 Å². The van der Waals surface area contributed by atoms with Gasteiger partial charge >= 0.3 is 0 Å². The summed E-state index contributed by atoms with van der Waals surface area (Å²) in [6.45, 7) is 4.16. The lowest BCUT2D eigenvalue weighted by Gasteiger charge is -2.27. The number of hydrogen-bond donors (Lipinski definition) is 3. The molecular weight excluding hydrogens is 406 g/mol. The largest absolute Gasteiger partial charge is 0.357 e. The molecule has 1 atom stereocenters. The number of fused-ring (bicyclic) bond motifs is 1. The third kappa shape index (κ3) is 3.59. The van der Waals surface area contributed by atoms with Crippen molar-refractivity contribution in [1.29, 1.82) is 0 Å². The third-order valence-electron chi connectivity index (χ3n) is 5.11. The molecule has 0 spiro atoms. The summed E-state index contributed by atoms with van der Waals surface area (Å²) in [5.41, 5.74) is 7.62. The van der Waals surface area contributed by atoms with Crippen LogP contribution in [-0.2, 0) is 21.7 Å². The summed E-state index contributed by atoms with van der Waals surface area (Å²) >= 11 is 1.44.